The average Bonchev–Trinajstić information content (AvgIpc) is 2.75. The molecule has 1 aliphatic rings. The van der Waals surface area contributed by atoms with Crippen molar-refractivity contribution >= 4 is 27.3 Å². The van der Waals surface area contributed by atoms with Crippen LogP contribution in [0.4, 0.5) is 0 Å². The summed E-state index contributed by atoms with van der Waals surface area (Å²) in [6.45, 7) is 2.67. The fourth-order valence-corrected chi connectivity index (χ4v) is 3.75. The molecule has 0 saturated carbocycles. The molecular formula is C11H17N3O3S2. The van der Waals surface area contributed by atoms with Gasteiger partial charge in [-0.05, 0) is 19.8 Å². The molecule has 1 fully saturated rings. The molecule has 0 spiro atoms. The number of carbonyl (C=O) groups is 1. The van der Waals surface area contributed by atoms with Gasteiger partial charge in [-0.15, -0.1) is 11.3 Å². The van der Waals surface area contributed by atoms with Gasteiger partial charge in [-0.1, -0.05) is 0 Å². The summed E-state index contributed by atoms with van der Waals surface area (Å²) in [5, 5.41) is 2.89. The zero-order chi connectivity index (χ0) is 14.0. The van der Waals surface area contributed by atoms with Crippen molar-refractivity contribution in [2.45, 2.75) is 25.8 Å². The third-order valence-corrected chi connectivity index (χ3v) is 5.34. The lowest BCUT2D eigenvalue weighted by atomic mass is 10.1. The molecule has 1 unspecified atom stereocenters. The number of aromatic nitrogens is 1. The van der Waals surface area contributed by atoms with Gasteiger partial charge in [0.05, 0.1) is 17.5 Å². The van der Waals surface area contributed by atoms with Gasteiger partial charge in [-0.2, -0.15) is 0 Å². The highest BCUT2D eigenvalue weighted by Crippen LogP contribution is 2.16. The first-order valence-electron chi connectivity index (χ1n) is 6.04. The van der Waals surface area contributed by atoms with E-state index in [1.807, 2.05) is 0 Å². The van der Waals surface area contributed by atoms with Crippen molar-refractivity contribution in [1.82, 2.24) is 14.6 Å². The van der Waals surface area contributed by atoms with Gasteiger partial charge in [-0.3, -0.25) is 4.79 Å². The molecule has 1 saturated heterocycles. The van der Waals surface area contributed by atoms with Crippen LogP contribution in [0.3, 0.4) is 0 Å². The second-order valence-corrected chi connectivity index (χ2v) is 7.54. The van der Waals surface area contributed by atoms with Crippen LogP contribution in [0, 0.1) is 6.92 Å². The van der Waals surface area contributed by atoms with E-state index < -0.39 is 10.0 Å². The number of aryl methyl sites for hydroxylation is 1. The molecule has 0 aliphatic carbocycles. The predicted octanol–water partition coefficient (Wildman–Crippen LogP) is 0.605. The zero-order valence-electron chi connectivity index (χ0n) is 10.9. The van der Waals surface area contributed by atoms with Crippen molar-refractivity contribution < 1.29 is 13.2 Å². The summed E-state index contributed by atoms with van der Waals surface area (Å²) < 4.78 is 24.4. The maximum atomic E-state index is 12.0. The Labute approximate surface area is 116 Å². The Balaban J connectivity index is 2.00. The number of hydrogen-bond acceptors (Lipinski definition) is 5. The van der Waals surface area contributed by atoms with E-state index in [1.165, 1.54) is 21.9 Å². The molecule has 6 nitrogen and oxygen atoms in total. The number of rotatable bonds is 3. The fraction of sp³-hybridized carbons (Fsp3) is 0.636. The minimum absolute atomic E-state index is 0.127. The van der Waals surface area contributed by atoms with E-state index >= 15 is 0 Å². The van der Waals surface area contributed by atoms with E-state index in [-0.39, 0.29) is 11.9 Å². The molecule has 8 heteroatoms. The smallest absolute Gasteiger partial charge is 0.263 e. The van der Waals surface area contributed by atoms with Crippen LogP contribution in [-0.4, -0.2) is 49.0 Å². The quantitative estimate of drug-likeness (QED) is 0.887. The summed E-state index contributed by atoms with van der Waals surface area (Å²) in [6, 6.07) is -0.127. The predicted molar refractivity (Wildman–Crippen MR) is 73.8 cm³/mol. The number of carbonyl (C=O) groups excluding carboxylic acids is 1. The third kappa shape index (κ3) is 3.52. The van der Waals surface area contributed by atoms with E-state index in [0.717, 1.165) is 12.8 Å². The van der Waals surface area contributed by atoms with Gasteiger partial charge < -0.3 is 5.32 Å². The van der Waals surface area contributed by atoms with Crippen LogP contribution in [-0.2, 0) is 10.0 Å². The Morgan fingerprint density at radius 3 is 2.89 bits per heavy atom. The number of amides is 1. The van der Waals surface area contributed by atoms with Gasteiger partial charge >= 0.3 is 0 Å². The topological polar surface area (TPSA) is 79.4 Å². The average molecular weight is 303 g/mol. The summed E-state index contributed by atoms with van der Waals surface area (Å²) in [5.41, 5.74) is 2.34. The molecule has 0 bridgehead atoms. The maximum absolute atomic E-state index is 12.0. The first-order chi connectivity index (χ1) is 8.88. The second kappa shape index (κ2) is 5.56. The molecular weight excluding hydrogens is 286 g/mol. The minimum atomic E-state index is -3.18. The SMILES string of the molecule is Cc1ncsc1C(=O)NC1CCCN(S(C)(=O)=O)C1. The highest BCUT2D eigenvalue weighted by molar-refractivity contribution is 7.88. The van der Waals surface area contributed by atoms with Crippen molar-refractivity contribution in [2.24, 2.45) is 0 Å². The standard InChI is InChI=1S/C11H17N3O3S2/c1-8-10(18-7-12-8)11(15)13-9-4-3-5-14(6-9)19(2,16)17/h7,9H,3-6H2,1-2H3,(H,13,15). The highest BCUT2D eigenvalue weighted by atomic mass is 32.2. The van der Waals surface area contributed by atoms with E-state index in [9.17, 15) is 13.2 Å². The Bertz CT molecular complexity index is 567. The minimum Gasteiger partial charge on any atom is -0.347 e. The Morgan fingerprint density at radius 1 is 1.58 bits per heavy atom. The third-order valence-electron chi connectivity index (χ3n) is 3.14. The molecule has 1 amide bonds. The van der Waals surface area contributed by atoms with Gasteiger partial charge in [0, 0.05) is 19.1 Å². The van der Waals surface area contributed by atoms with Crippen LogP contribution in [0.5, 0.6) is 0 Å². The first kappa shape index (κ1) is 14.4. The molecule has 1 atom stereocenters. The largest absolute Gasteiger partial charge is 0.347 e. The van der Waals surface area contributed by atoms with Gasteiger partial charge in [-0.25, -0.2) is 17.7 Å². The van der Waals surface area contributed by atoms with Crippen LogP contribution in [0.15, 0.2) is 5.51 Å². The molecule has 1 N–H and O–H groups in total. The highest BCUT2D eigenvalue weighted by Gasteiger charge is 2.27. The number of thiazole rings is 1. The van der Waals surface area contributed by atoms with Crippen molar-refractivity contribution in [2.75, 3.05) is 19.3 Å². The number of nitrogens with one attached hydrogen (secondary N) is 1. The second-order valence-electron chi connectivity index (χ2n) is 4.70. The van der Waals surface area contributed by atoms with E-state index in [0.29, 0.717) is 23.7 Å². The number of piperidine rings is 1. The lowest BCUT2D eigenvalue weighted by Gasteiger charge is -2.31. The maximum Gasteiger partial charge on any atom is 0.263 e. The van der Waals surface area contributed by atoms with Crippen molar-refractivity contribution in [3.8, 4) is 0 Å². The van der Waals surface area contributed by atoms with Crippen LogP contribution in [0.25, 0.3) is 0 Å². The summed E-state index contributed by atoms with van der Waals surface area (Å²) >= 11 is 1.30. The number of sulfonamides is 1. The Kier molecular flexibility index (Phi) is 4.22. The summed E-state index contributed by atoms with van der Waals surface area (Å²) in [5.74, 6) is -0.166. The van der Waals surface area contributed by atoms with Crippen molar-refractivity contribution in [3.05, 3.63) is 16.1 Å². The van der Waals surface area contributed by atoms with Gasteiger partial charge in [0.1, 0.15) is 4.88 Å². The van der Waals surface area contributed by atoms with Crippen LogP contribution in [0.2, 0.25) is 0 Å². The molecule has 0 radical (unpaired) electrons. The summed E-state index contributed by atoms with van der Waals surface area (Å²) in [6.07, 6.45) is 2.76. The lowest BCUT2D eigenvalue weighted by molar-refractivity contribution is 0.0925. The van der Waals surface area contributed by atoms with Crippen LogP contribution >= 0.6 is 11.3 Å². The van der Waals surface area contributed by atoms with Gasteiger partial charge in [0.2, 0.25) is 10.0 Å². The molecule has 1 aromatic heterocycles. The molecule has 106 valence electrons. The number of hydrogen-bond donors (Lipinski definition) is 1. The monoisotopic (exact) mass is 303 g/mol. The van der Waals surface area contributed by atoms with Crippen LogP contribution < -0.4 is 5.32 Å². The molecule has 2 rings (SSSR count). The summed E-state index contributed by atoms with van der Waals surface area (Å²) in [7, 11) is -3.18. The van der Waals surface area contributed by atoms with Gasteiger partial charge in [0.25, 0.3) is 5.91 Å². The van der Waals surface area contributed by atoms with Gasteiger partial charge in [0.15, 0.2) is 0 Å². The first-order valence-corrected chi connectivity index (χ1v) is 8.77. The van der Waals surface area contributed by atoms with E-state index in [4.69, 9.17) is 0 Å². The Hall–Kier alpha value is -0.990. The van der Waals surface area contributed by atoms with Crippen molar-refractivity contribution in [1.29, 1.82) is 0 Å². The normalized spacial score (nSPS) is 21.3. The molecule has 19 heavy (non-hydrogen) atoms. The summed E-state index contributed by atoms with van der Waals surface area (Å²) in [4.78, 5) is 16.7. The van der Waals surface area contributed by atoms with Crippen molar-refractivity contribution in [3.63, 3.8) is 0 Å². The molecule has 1 aromatic rings. The fourth-order valence-electron chi connectivity index (χ4n) is 2.13. The van der Waals surface area contributed by atoms with Crippen LogP contribution in [0.1, 0.15) is 28.2 Å². The van der Waals surface area contributed by atoms with E-state index in [2.05, 4.69) is 10.3 Å². The molecule has 1 aliphatic heterocycles. The number of nitrogens with zero attached hydrogens (tertiary/aromatic N) is 2. The zero-order valence-corrected chi connectivity index (χ0v) is 12.6. The Morgan fingerprint density at radius 2 is 2.32 bits per heavy atom. The van der Waals surface area contributed by atoms with E-state index in [1.54, 1.807) is 12.4 Å². The molecule has 0 aromatic carbocycles. The lowest BCUT2D eigenvalue weighted by Crippen LogP contribution is -2.49. The molecule has 2 heterocycles.